The van der Waals surface area contributed by atoms with Gasteiger partial charge in [0.25, 0.3) is 0 Å². The molecule has 0 radical (unpaired) electrons. The van der Waals surface area contributed by atoms with Crippen molar-refractivity contribution < 1.29 is 19.0 Å². The maximum absolute atomic E-state index is 12.0. The van der Waals surface area contributed by atoms with E-state index in [0.29, 0.717) is 18.9 Å². The highest BCUT2D eigenvalue weighted by Crippen LogP contribution is 2.32. The van der Waals surface area contributed by atoms with Crippen LogP contribution in [0.4, 0.5) is 21.9 Å². The van der Waals surface area contributed by atoms with E-state index >= 15 is 0 Å². The fourth-order valence-electron chi connectivity index (χ4n) is 2.96. The van der Waals surface area contributed by atoms with Crippen molar-refractivity contribution in [1.29, 1.82) is 0 Å². The number of benzene rings is 2. The number of anilines is 2. The van der Waals surface area contributed by atoms with Crippen LogP contribution in [0, 0.1) is 0 Å². The second-order valence-corrected chi connectivity index (χ2v) is 8.26. The summed E-state index contributed by atoms with van der Waals surface area (Å²) >= 11 is 0. The number of hydrogen-bond acceptors (Lipinski definition) is 6. The number of methoxy groups -OCH3 is 1. The summed E-state index contributed by atoms with van der Waals surface area (Å²) in [6.45, 7) is 10.5. The highest BCUT2D eigenvalue weighted by Gasteiger charge is 2.16. The van der Waals surface area contributed by atoms with E-state index in [4.69, 9.17) is 14.2 Å². The van der Waals surface area contributed by atoms with Crippen LogP contribution in [0.5, 0.6) is 5.75 Å². The fourth-order valence-corrected chi connectivity index (χ4v) is 2.96. The average molecular weight is 454 g/mol. The molecule has 0 saturated heterocycles. The van der Waals surface area contributed by atoms with Gasteiger partial charge in [0.05, 0.1) is 12.3 Å². The fraction of sp³-hybridized carbons (Fsp3) is 0.385. The third-order valence-corrected chi connectivity index (χ3v) is 4.30. The first kappa shape index (κ1) is 25.9. The van der Waals surface area contributed by atoms with Crippen LogP contribution in [0.1, 0.15) is 46.6 Å². The minimum Gasteiger partial charge on any atom is -0.491 e. The highest BCUT2D eigenvalue weighted by molar-refractivity contribution is 5.87. The number of aliphatic imine (C=N–C) groups is 1. The highest BCUT2D eigenvalue weighted by atomic mass is 16.6. The van der Waals surface area contributed by atoms with Crippen LogP contribution in [0.3, 0.4) is 0 Å². The van der Waals surface area contributed by atoms with Gasteiger partial charge in [0, 0.05) is 42.0 Å². The Morgan fingerprint density at radius 1 is 1.03 bits per heavy atom. The number of allylic oxidation sites excluding steroid dienone is 1. The molecule has 7 heteroatoms. The van der Waals surface area contributed by atoms with Crippen LogP contribution >= 0.6 is 0 Å². The van der Waals surface area contributed by atoms with E-state index in [0.717, 1.165) is 34.8 Å². The van der Waals surface area contributed by atoms with E-state index in [1.54, 1.807) is 13.3 Å². The number of rotatable bonds is 10. The Morgan fingerprint density at radius 3 is 2.27 bits per heavy atom. The molecule has 178 valence electrons. The zero-order chi connectivity index (χ0) is 24.3. The third-order valence-electron chi connectivity index (χ3n) is 4.30. The molecule has 0 spiro atoms. The Balaban J connectivity index is 2.19. The van der Waals surface area contributed by atoms with Gasteiger partial charge in [-0.25, -0.2) is 4.79 Å². The zero-order valence-corrected chi connectivity index (χ0v) is 20.4. The maximum Gasteiger partial charge on any atom is 0.412 e. The van der Waals surface area contributed by atoms with Crippen molar-refractivity contribution in [2.24, 2.45) is 4.99 Å². The lowest BCUT2D eigenvalue weighted by Gasteiger charge is -2.20. The summed E-state index contributed by atoms with van der Waals surface area (Å²) in [6.07, 6.45) is 4.24. The second-order valence-electron chi connectivity index (χ2n) is 8.26. The first-order valence-electron chi connectivity index (χ1n) is 11.1. The number of nitrogens with zero attached hydrogens (tertiary/aromatic N) is 1. The van der Waals surface area contributed by atoms with Gasteiger partial charge in [-0.1, -0.05) is 13.0 Å². The van der Waals surface area contributed by atoms with Crippen molar-refractivity contribution in [3.8, 4) is 5.75 Å². The molecule has 0 aliphatic heterocycles. The number of ether oxygens (including phenoxy) is 3. The lowest BCUT2D eigenvalue weighted by Crippen LogP contribution is -2.27. The summed E-state index contributed by atoms with van der Waals surface area (Å²) in [5.41, 5.74) is 3.71. The van der Waals surface area contributed by atoms with Gasteiger partial charge in [0.2, 0.25) is 0 Å². The summed E-state index contributed by atoms with van der Waals surface area (Å²) in [6, 6.07) is 13.3. The molecule has 0 saturated carbocycles. The minimum absolute atomic E-state index is 0.477. The van der Waals surface area contributed by atoms with Crippen molar-refractivity contribution in [2.75, 3.05) is 31.0 Å². The van der Waals surface area contributed by atoms with Gasteiger partial charge in [0.15, 0.2) is 0 Å². The molecule has 0 aromatic heterocycles. The Morgan fingerprint density at radius 2 is 1.70 bits per heavy atom. The summed E-state index contributed by atoms with van der Waals surface area (Å²) < 4.78 is 16.1. The topological polar surface area (TPSA) is 81.2 Å². The van der Waals surface area contributed by atoms with Gasteiger partial charge in [-0.2, -0.15) is 0 Å². The number of carbonyl (C=O) groups is 1. The summed E-state index contributed by atoms with van der Waals surface area (Å²) in [5.74, 6) is 0.741. The van der Waals surface area contributed by atoms with Crippen LogP contribution in [-0.2, 0) is 9.47 Å². The largest absolute Gasteiger partial charge is 0.491 e. The molecule has 1 amide bonds. The average Bonchev–Trinajstić information content (AvgIpc) is 2.74. The van der Waals surface area contributed by atoms with Crippen molar-refractivity contribution in [3.05, 3.63) is 54.1 Å². The van der Waals surface area contributed by atoms with Gasteiger partial charge in [-0.15, -0.1) is 0 Å². The van der Waals surface area contributed by atoms with Crippen LogP contribution in [0.25, 0.3) is 5.70 Å². The van der Waals surface area contributed by atoms with E-state index in [1.165, 1.54) is 0 Å². The first-order valence-corrected chi connectivity index (χ1v) is 11.1. The van der Waals surface area contributed by atoms with Gasteiger partial charge in [-0.05, 0) is 70.5 Å². The predicted molar refractivity (Wildman–Crippen MR) is 136 cm³/mol. The van der Waals surface area contributed by atoms with E-state index < -0.39 is 11.7 Å². The number of amides is 1. The molecule has 0 heterocycles. The Bertz CT molecular complexity index is 960. The Hall–Kier alpha value is -3.32. The smallest absolute Gasteiger partial charge is 0.412 e. The van der Waals surface area contributed by atoms with E-state index in [-0.39, 0.29) is 0 Å². The van der Waals surface area contributed by atoms with Crippen molar-refractivity contribution in [2.45, 2.75) is 46.6 Å². The molecule has 33 heavy (non-hydrogen) atoms. The molecular formula is C26H35N3O4. The number of hydrogen-bond donors (Lipinski definition) is 2. The van der Waals surface area contributed by atoms with Gasteiger partial charge in [-0.3, -0.25) is 10.3 Å². The number of nitrogens with one attached hydrogen (secondary N) is 2. The second kappa shape index (κ2) is 12.6. The molecule has 0 aliphatic rings. The molecule has 0 unspecified atom stereocenters. The summed E-state index contributed by atoms with van der Waals surface area (Å²) in [5, 5.41) is 6.21. The van der Waals surface area contributed by atoms with E-state index in [1.807, 2.05) is 70.2 Å². The van der Waals surface area contributed by atoms with Gasteiger partial charge in [0.1, 0.15) is 18.0 Å². The molecule has 0 bridgehead atoms. The van der Waals surface area contributed by atoms with Crippen molar-refractivity contribution in [1.82, 2.24) is 0 Å². The number of carbonyl (C=O) groups excluding carboxylic acids is 1. The predicted octanol–water partition coefficient (Wildman–Crippen LogP) is 6.64. The van der Waals surface area contributed by atoms with Crippen LogP contribution in [0.15, 0.2) is 53.5 Å². The normalized spacial score (nSPS) is 12.0. The lowest BCUT2D eigenvalue weighted by molar-refractivity contribution is 0.0636. The SMILES string of the molecule is CC=Nc1cc(OCCOC)ccc1/C(=C/CC)Nc1ccc(NC(=O)OC(C)(C)C)cc1. The Kier molecular flexibility index (Phi) is 9.94. The molecular weight excluding hydrogens is 418 g/mol. The van der Waals surface area contributed by atoms with Crippen LogP contribution in [-0.4, -0.2) is 38.2 Å². The Labute approximate surface area is 196 Å². The van der Waals surface area contributed by atoms with Gasteiger partial charge < -0.3 is 19.5 Å². The van der Waals surface area contributed by atoms with E-state index in [9.17, 15) is 4.79 Å². The van der Waals surface area contributed by atoms with E-state index in [2.05, 4.69) is 28.6 Å². The monoisotopic (exact) mass is 453 g/mol. The summed E-state index contributed by atoms with van der Waals surface area (Å²) in [4.78, 5) is 16.5. The molecule has 2 N–H and O–H groups in total. The summed E-state index contributed by atoms with van der Waals surface area (Å²) in [7, 11) is 1.65. The third kappa shape index (κ3) is 8.98. The molecule has 0 aliphatic carbocycles. The quantitative estimate of drug-likeness (QED) is 0.311. The van der Waals surface area contributed by atoms with Crippen LogP contribution in [0.2, 0.25) is 0 Å². The zero-order valence-electron chi connectivity index (χ0n) is 20.4. The van der Waals surface area contributed by atoms with Crippen LogP contribution < -0.4 is 15.4 Å². The van der Waals surface area contributed by atoms with Crippen molar-refractivity contribution >= 4 is 35.1 Å². The van der Waals surface area contributed by atoms with Gasteiger partial charge >= 0.3 is 6.09 Å². The molecule has 0 fully saturated rings. The molecule has 2 aromatic rings. The molecule has 2 rings (SSSR count). The first-order chi connectivity index (χ1) is 15.8. The standard InChI is InChI=1S/C26H35N3O4/c1-7-9-23(22-15-14-21(32-17-16-31-6)18-24(22)27-8-2)28-19-10-12-20(13-11-19)29-25(30)33-26(3,4)5/h8-15,18,28H,7,16-17H2,1-6H3,(H,29,30)/b23-9-,27-8?. The lowest BCUT2D eigenvalue weighted by atomic mass is 10.1. The minimum atomic E-state index is -0.547. The van der Waals surface area contributed by atoms with Crippen molar-refractivity contribution in [3.63, 3.8) is 0 Å². The molecule has 0 atom stereocenters. The molecule has 7 nitrogen and oxygen atoms in total. The maximum atomic E-state index is 12.0. The molecule has 2 aromatic carbocycles.